The molecule has 1 aliphatic heterocycles. The summed E-state index contributed by atoms with van der Waals surface area (Å²) in [6, 6.07) is 5.45. The Balaban J connectivity index is 1.71. The monoisotopic (exact) mass is 286 g/mol. The number of nitrogens with zero attached hydrogens (tertiary/aromatic N) is 3. The van der Waals surface area contributed by atoms with Crippen molar-refractivity contribution in [2.45, 2.75) is 18.8 Å². The fraction of sp³-hybridized carbons (Fsp3) is 0.400. The predicted molar refractivity (Wildman–Crippen MR) is 77.3 cm³/mol. The van der Waals surface area contributed by atoms with Gasteiger partial charge in [0.1, 0.15) is 0 Å². The summed E-state index contributed by atoms with van der Waals surface area (Å²) in [5.41, 5.74) is 1.70. The number of nitrogens with one attached hydrogen (secondary N) is 1. The quantitative estimate of drug-likeness (QED) is 0.934. The van der Waals surface area contributed by atoms with Crippen molar-refractivity contribution in [3.8, 4) is 5.88 Å². The molecular formula is C15H18N4O2. The van der Waals surface area contributed by atoms with Crippen molar-refractivity contribution in [1.29, 1.82) is 0 Å². The van der Waals surface area contributed by atoms with Crippen LogP contribution in [0.2, 0.25) is 0 Å². The maximum atomic E-state index is 12.5. The summed E-state index contributed by atoms with van der Waals surface area (Å²) in [7, 11) is 1.56. The van der Waals surface area contributed by atoms with Crippen LogP contribution in [0.15, 0.2) is 30.6 Å². The smallest absolute Gasteiger partial charge is 0.255 e. The third-order valence-corrected chi connectivity index (χ3v) is 3.86. The third kappa shape index (κ3) is 2.89. The van der Waals surface area contributed by atoms with E-state index in [1.165, 1.54) is 0 Å². The number of pyridine rings is 1. The first-order chi connectivity index (χ1) is 10.3. The van der Waals surface area contributed by atoms with Gasteiger partial charge in [-0.1, -0.05) is 0 Å². The van der Waals surface area contributed by atoms with Gasteiger partial charge in [-0.3, -0.25) is 9.89 Å². The molecule has 1 fully saturated rings. The lowest BCUT2D eigenvalue weighted by molar-refractivity contribution is 0.0705. The Morgan fingerprint density at radius 1 is 1.43 bits per heavy atom. The summed E-state index contributed by atoms with van der Waals surface area (Å²) < 4.78 is 5.01. The number of aromatic nitrogens is 3. The molecule has 21 heavy (non-hydrogen) atoms. The van der Waals surface area contributed by atoms with Crippen LogP contribution in [-0.4, -0.2) is 46.2 Å². The number of rotatable bonds is 3. The van der Waals surface area contributed by atoms with E-state index in [2.05, 4.69) is 15.2 Å². The molecule has 1 saturated heterocycles. The Bertz CT molecular complexity index is 595. The van der Waals surface area contributed by atoms with Crippen molar-refractivity contribution in [2.24, 2.45) is 0 Å². The highest BCUT2D eigenvalue weighted by atomic mass is 16.5. The number of hydrogen-bond donors (Lipinski definition) is 1. The minimum atomic E-state index is 0.0226. The summed E-state index contributed by atoms with van der Waals surface area (Å²) in [5, 5.41) is 7.00. The highest BCUT2D eigenvalue weighted by Gasteiger charge is 2.26. The van der Waals surface area contributed by atoms with Gasteiger partial charge in [0, 0.05) is 43.2 Å². The molecule has 0 spiro atoms. The molecule has 1 unspecified atom stereocenters. The maximum Gasteiger partial charge on any atom is 0.255 e. The lowest BCUT2D eigenvalue weighted by Gasteiger charge is -2.32. The average Bonchev–Trinajstić information content (AvgIpc) is 3.09. The van der Waals surface area contributed by atoms with Crippen molar-refractivity contribution in [1.82, 2.24) is 20.1 Å². The first-order valence-corrected chi connectivity index (χ1v) is 7.06. The molecule has 0 radical (unpaired) electrons. The number of hydrogen-bond acceptors (Lipinski definition) is 4. The SMILES string of the molecule is COc1ccc(C(=O)N2CCCC(c3ccn[nH]3)C2)cn1. The number of H-pyrrole nitrogens is 1. The van der Waals surface area contributed by atoms with Crippen LogP contribution in [0.5, 0.6) is 5.88 Å². The van der Waals surface area contributed by atoms with Gasteiger partial charge in [0.25, 0.3) is 5.91 Å². The minimum Gasteiger partial charge on any atom is -0.481 e. The number of amides is 1. The van der Waals surface area contributed by atoms with Crippen molar-refractivity contribution >= 4 is 5.91 Å². The van der Waals surface area contributed by atoms with Gasteiger partial charge >= 0.3 is 0 Å². The molecule has 0 aromatic carbocycles. The Labute approximate surface area is 123 Å². The Hall–Kier alpha value is -2.37. The van der Waals surface area contributed by atoms with Gasteiger partial charge in [0.15, 0.2) is 0 Å². The predicted octanol–water partition coefficient (Wildman–Crippen LogP) is 1.83. The largest absolute Gasteiger partial charge is 0.481 e. The van der Waals surface area contributed by atoms with Gasteiger partial charge in [-0.05, 0) is 25.0 Å². The Kier molecular flexibility index (Phi) is 3.85. The molecule has 6 heteroatoms. The zero-order valence-electron chi connectivity index (χ0n) is 12.0. The molecule has 1 atom stereocenters. The van der Waals surface area contributed by atoms with Crippen LogP contribution in [0.3, 0.4) is 0 Å². The van der Waals surface area contributed by atoms with E-state index in [0.717, 1.165) is 25.1 Å². The molecular weight excluding hydrogens is 268 g/mol. The second-order valence-corrected chi connectivity index (χ2v) is 5.19. The molecule has 2 aromatic rings. The summed E-state index contributed by atoms with van der Waals surface area (Å²) in [4.78, 5) is 18.5. The molecule has 1 amide bonds. The van der Waals surface area contributed by atoms with E-state index < -0.39 is 0 Å². The molecule has 6 nitrogen and oxygen atoms in total. The summed E-state index contributed by atoms with van der Waals surface area (Å²) >= 11 is 0. The standard InChI is InChI=1S/C15H18N4O2/c1-21-14-5-4-11(9-16-14)15(20)19-8-2-3-12(10-19)13-6-7-17-18-13/h4-7,9,12H,2-3,8,10H2,1H3,(H,17,18). The summed E-state index contributed by atoms with van der Waals surface area (Å²) in [5.74, 6) is 0.867. The van der Waals surface area contributed by atoms with Gasteiger partial charge in [-0.2, -0.15) is 5.10 Å². The lowest BCUT2D eigenvalue weighted by Crippen LogP contribution is -2.39. The van der Waals surface area contributed by atoms with Gasteiger partial charge in [0.2, 0.25) is 5.88 Å². The normalized spacial score (nSPS) is 18.5. The average molecular weight is 286 g/mol. The van der Waals surface area contributed by atoms with Crippen LogP contribution in [-0.2, 0) is 0 Å². The molecule has 3 rings (SSSR count). The first kappa shape index (κ1) is 13.6. The van der Waals surface area contributed by atoms with Crippen molar-refractivity contribution in [2.75, 3.05) is 20.2 Å². The van der Waals surface area contributed by atoms with Crippen LogP contribution in [0.25, 0.3) is 0 Å². The number of methoxy groups -OCH3 is 1. The minimum absolute atomic E-state index is 0.0226. The zero-order chi connectivity index (χ0) is 14.7. The molecule has 1 N–H and O–H groups in total. The van der Waals surface area contributed by atoms with E-state index in [4.69, 9.17) is 4.74 Å². The number of piperidine rings is 1. The van der Waals surface area contributed by atoms with Crippen LogP contribution in [0.1, 0.15) is 34.8 Å². The summed E-state index contributed by atoms with van der Waals surface area (Å²) in [6.45, 7) is 1.50. The highest BCUT2D eigenvalue weighted by Crippen LogP contribution is 2.26. The first-order valence-electron chi connectivity index (χ1n) is 7.06. The highest BCUT2D eigenvalue weighted by molar-refractivity contribution is 5.94. The molecule has 0 bridgehead atoms. The number of carbonyl (C=O) groups is 1. The Morgan fingerprint density at radius 2 is 2.33 bits per heavy atom. The Morgan fingerprint density at radius 3 is 3.00 bits per heavy atom. The van der Waals surface area contributed by atoms with E-state index in [-0.39, 0.29) is 5.91 Å². The lowest BCUT2D eigenvalue weighted by atomic mass is 9.94. The molecule has 110 valence electrons. The van der Waals surface area contributed by atoms with Crippen LogP contribution >= 0.6 is 0 Å². The van der Waals surface area contributed by atoms with E-state index in [1.54, 1.807) is 31.6 Å². The van der Waals surface area contributed by atoms with Gasteiger partial charge < -0.3 is 9.64 Å². The van der Waals surface area contributed by atoms with Gasteiger partial charge in [-0.25, -0.2) is 4.98 Å². The van der Waals surface area contributed by atoms with E-state index in [9.17, 15) is 4.79 Å². The zero-order valence-corrected chi connectivity index (χ0v) is 12.0. The molecule has 1 aliphatic rings. The van der Waals surface area contributed by atoms with E-state index >= 15 is 0 Å². The molecule has 0 aliphatic carbocycles. The number of likely N-dealkylation sites (tertiary alicyclic amines) is 1. The second-order valence-electron chi connectivity index (χ2n) is 5.19. The number of aromatic amines is 1. The van der Waals surface area contributed by atoms with E-state index in [0.29, 0.717) is 23.9 Å². The van der Waals surface area contributed by atoms with Gasteiger partial charge in [-0.15, -0.1) is 0 Å². The maximum absolute atomic E-state index is 12.5. The number of carbonyl (C=O) groups excluding carboxylic acids is 1. The fourth-order valence-corrected chi connectivity index (χ4v) is 2.72. The summed E-state index contributed by atoms with van der Waals surface area (Å²) in [6.07, 6.45) is 5.40. The topological polar surface area (TPSA) is 71.1 Å². The van der Waals surface area contributed by atoms with Crippen LogP contribution in [0, 0.1) is 0 Å². The van der Waals surface area contributed by atoms with Gasteiger partial charge in [0.05, 0.1) is 12.7 Å². The van der Waals surface area contributed by atoms with Crippen LogP contribution in [0.4, 0.5) is 0 Å². The number of ether oxygens (including phenoxy) is 1. The van der Waals surface area contributed by atoms with Crippen LogP contribution < -0.4 is 4.74 Å². The van der Waals surface area contributed by atoms with E-state index in [1.807, 2.05) is 11.0 Å². The molecule has 2 aromatic heterocycles. The fourth-order valence-electron chi connectivity index (χ4n) is 2.72. The third-order valence-electron chi connectivity index (χ3n) is 3.86. The molecule has 3 heterocycles. The van der Waals surface area contributed by atoms with Crippen molar-refractivity contribution in [3.05, 3.63) is 41.9 Å². The second kappa shape index (κ2) is 5.95. The van der Waals surface area contributed by atoms with Crippen molar-refractivity contribution < 1.29 is 9.53 Å². The molecule has 0 saturated carbocycles. The van der Waals surface area contributed by atoms with Crippen molar-refractivity contribution in [3.63, 3.8) is 0 Å².